The van der Waals surface area contributed by atoms with Crippen LogP contribution in [-0.4, -0.2) is 23.5 Å². The van der Waals surface area contributed by atoms with Gasteiger partial charge in [0.05, 0.1) is 5.39 Å². The molecule has 0 spiro atoms. The van der Waals surface area contributed by atoms with Crippen LogP contribution in [0.1, 0.15) is 11.6 Å². The number of anilines is 1. The molecule has 148 valence electrons. The van der Waals surface area contributed by atoms with E-state index in [2.05, 4.69) is 16.1 Å². The molecule has 0 saturated heterocycles. The predicted molar refractivity (Wildman–Crippen MR) is 103 cm³/mol. The SMILES string of the molecule is O=CNNC(=O)C(NC(=O)Nc1coc2ccccc2c1=O)c1ccc(O)cc1. The summed E-state index contributed by atoms with van der Waals surface area (Å²) in [5.41, 5.74) is 4.23. The Labute approximate surface area is 163 Å². The van der Waals surface area contributed by atoms with E-state index in [1.807, 2.05) is 5.43 Å². The van der Waals surface area contributed by atoms with E-state index in [1.54, 1.807) is 24.3 Å². The zero-order valence-corrected chi connectivity index (χ0v) is 14.8. The zero-order valence-electron chi connectivity index (χ0n) is 14.8. The summed E-state index contributed by atoms with van der Waals surface area (Å²) >= 11 is 0. The molecular weight excluding hydrogens is 380 g/mol. The Bertz CT molecular complexity index is 1110. The van der Waals surface area contributed by atoms with Gasteiger partial charge in [0, 0.05) is 0 Å². The highest BCUT2D eigenvalue weighted by Crippen LogP contribution is 2.18. The van der Waals surface area contributed by atoms with Gasteiger partial charge >= 0.3 is 6.03 Å². The number of para-hydroxylation sites is 1. The number of hydrazine groups is 1. The van der Waals surface area contributed by atoms with Gasteiger partial charge in [0.15, 0.2) is 0 Å². The molecule has 5 N–H and O–H groups in total. The minimum absolute atomic E-state index is 0.0304. The number of benzene rings is 2. The molecule has 3 rings (SSSR count). The third-order valence-corrected chi connectivity index (χ3v) is 3.95. The summed E-state index contributed by atoms with van der Waals surface area (Å²) in [5, 5.41) is 14.4. The highest BCUT2D eigenvalue weighted by molar-refractivity contribution is 5.95. The number of hydrogen-bond acceptors (Lipinski definition) is 6. The van der Waals surface area contributed by atoms with Crippen molar-refractivity contribution in [3.05, 3.63) is 70.6 Å². The first kappa shape index (κ1) is 19.4. The average molecular weight is 396 g/mol. The Kier molecular flexibility index (Phi) is 5.74. The fourth-order valence-electron chi connectivity index (χ4n) is 2.59. The van der Waals surface area contributed by atoms with E-state index >= 15 is 0 Å². The molecule has 4 amide bonds. The Morgan fingerprint density at radius 1 is 1.07 bits per heavy atom. The third kappa shape index (κ3) is 4.50. The molecule has 2 aromatic carbocycles. The number of phenolic OH excluding ortho intramolecular Hbond substituents is 1. The number of amides is 4. The maximum atomic E-state index is 12.5. The van der Waals surface area contributed by atoms with Gasteiger partial charge in [0.2, 0.25) is 11.8 Å². The van der Waals surface area contributed by atoms with Gasteiger partial charge in [0.25, 0.3) is 5.91 Å². The van der Waals surface area contributed by atoms with Crippen molar-refractivity contribution in [2.75, 3.05) is 5.32 Å². The number of hydrogen-bond donors (Lipinski definition) is 5. The van der Waals surface area contributed by atoms with E-state index in [0.717, 1.165) is 6.26 Å². The maximum Gasteiger partial charge on any atom is 0.320 e. The summed E-state index contributed by atoms with van der Waals surface area (Å²) < 4.78 is 5.33. The molecule has 1 heterocycles. The smallest absolute Gasteiger partial charge is 0.320 e. The lowest BCUT2D eigenvalue weighted by Crippen LogP contribution is -2.46. The Hall–Kier alpha value is -4.34. The predicted octanol–water partition coefficient (Wildman–Crippen LogP) is 1.14. The molecule has 0 aliphatic carbocycles. The molecule has 10 nitrogen and oxygen atoms in total. The highest BCUT2D eigenvalue weighted by Gasteiger charge is 2.23. The highest BCUT2D eigenvalue weighted by atomic mass is 16.3. The number of urea groups is 1. The van der Waals surface area contributed by atoms with Gasteiger partial charge in [-0.3, -0.25) is 25.2 Å². The van der Waals surface area contributed by atoms with Crippen LogP contribution in [0.15, 0.2) is 64.0 Å². The summed E-state index contributed by atoms with van der Waals surface area (Å²) in [6, 6.07) is 9.97. The van der Waals surface area contributed by atoms with Crippen molar-refractivity contribution in [3.8, 4) is 5.75 Å². The maximum absolute atomic E-state index is 12.5. The number of phenols is 1. The molecule has 29 heavy (non-hydrogen) atoms. The van der Waals surface area contributed by atoms with E-state index in [-0.39, 0.29) is 23.2 Å². The van der Waals surface area contributed by atoms with Crippen LogP contribution in [0.5, 0.6) is 5.75 Å². The monoisotopic (exact) mass is 396 g/mol. The first-order valence-electron chi connectivity index (χ1n) is 8.35. The molecule has 0 aliphatic heterocycles. The van der Waals surface area contributed by atoms with E-state index in [0.29, 0.717) is 11.1 Å². The molecule has 0 saturated carbocycles. The van der Waals surface area contributed by atoms with Crippen LogP contribution in [0.25, 0.3) is 11.0 Å². The van der Waals surface area contributed by atoms with Crippen LogP contribution < -0.4 is 26.9 Å². The lowest BCUT2D eigenvalue weighted by Gasteiger charge is -2.18. The second-order valence-corrected chi connectivity index (χ2v) is 5.85. The largest absolute Gasteiger partial charge is 0.508 e. The molecule has 1 aromatic heterocycles. The molecular formula is C19H16N4O6. The first-order valence-corrected chi connectivity index (χ1v) is 8.35. The van der Waals surface area contributed by atoms with Crippen molar-refractivity contribution in [2.24, 2.45) is 0 Å². The average Bonchev–Trinajstić information content (AvgIpc) is 2.73. The standard InChI is InChI=1S/C19H16N4O6/c24-10-20-23-18(27)16(11-5-7-12(25)8-6-11)22-19(28)21-14-9-29-15-4-2-1-3-13(15)17(14)26/h1-10,16,25H,(H,20,24)(H,23,27)(H2,21,22,28). The van der Waals surface area contributed by atoms with E-state index in [4.69, 9.17) is 4.42 Å². The summed E-state index contributed by atoms with van der Waals surface area (Å²) in [6.07, 6.45) is 1.36. The van der Waals surface area contributed by atoms with Crippen molar-refractivity contribution in [3.63, 3.8) is 0 Å². The van der Waals surface area contributed by atoms with E-state index < -0.39 is 23.4 Å². The van der Waals surface area contributed by atoms with Crippen molar-refractivity contribution in [1.82, 2.24) is 16.2 Å². The second kappa shape index (κ2) is 8.57. The number of aromatic hydroxyl groups is 1. The van der Waals surface area contributed by atoms with Crippen LogP contribution in [0, 0.1) is 0 Å². The molecule has 0 bridgehead atoms. The van der Waals surface area contributed by atoms with Crippen molar-refractivity contribution in [1.29, 1.82) is 0 Å². The van der Waals surface area contributed by atoms with Crippen molar-refractivity contribution >= 4 is 35.0 Å². The van der Waals surface area contributed by atoms with E-state index in [9.17, 15) is 24.3 Å². The molecule has 0 fully saturated rings. The van der Waals surface area contributed by atoms with Gasteiger partial charge in [-0.15, -0.1) is 0 Å². The molecule has 1 atom stereocenters. The van der Waals surface area contributed by atoms with Gasteiger partial charge in [-0.05, 0) is 29.8 Å². The summed E-state index contributed by atoms with van der Waals surface area (Å²) in [7, 11) is 0. The van der Waals surface area contributed by atoms with Crippen LogP contribution >= 0.6 is 0 Å². The third-order valence-electron chi connectivity index (χ3n) is 3.95. The lowest BCUT2D eigenvalue weighted by atomic mass is 10.1. The van der Waals surface area contributed by atoms with Gasteiger partial charge in [-0.2, -0.15) is 0 Å². The fourth-order valence-corrected chi connectivity index (χ4v) is 2.59. The molecule has 0 aliphatic rings. The summed E-state index contributed by atoms with van der Waals surface area (Å²) in [4.78, 5) is 47.6. The number of carbonyl (C=O) groups is 3. The fraction of sp³-hybridized carbons (Fsp3) is 0.0526. The minimum atomic E-state index is -1.23. The lowest BCUT2D eigenvalue weighted by molar-refractivity contribution is -0.126. The van der Waals surface area contributed by atoms with E-state index in [1.165, 1.54) is 24.3 Å². The number of fused-ring (bicyclic) bond motifs is 1. The van der Waals surface area contributed by atoms with Crippen LogP contribution in [-0.2, 0) is 9.59 Å². The van der Waals surface area contributed by atoms with Crippen molar-refractivity contribution in [2.45, 2.75) is 6.04 Å². The zero-order chi connectivity index (χ0) is 20.8. The summed E-state index contributed by atoms with van der Waals surface area (Å²) in [5.74, 6) is -0.777. The van der Waals surface area contributed by atoms with Crippen LogP contribution in [0.2, 0.25) is 0 Å². The normalized spacial score (nSPS) is 11.3. The van der Waals surface area contributed by atoms with Crippen molar-refractivity contribution < 1.29 is 23.9 Å². The van der Waals surface area contributed by atoms with Crippen LogP contribution in [0.3, 0.4) is 0 Å². The molecule has 3 aromatic rings. The molecule has 1 unspecified atom stereocenters. The Balaban J connectivity index is 1.82. The Morgan fingerprint density at radius 2 is 1.79 bits per heavy atom. The Morgan fingerprint density at radius 3 is 2.52 bits per heavy atom. The second-order valence-electron chi connectivity index (χ2n) is 5.85. The first-order chi connectivity index (χ1) is 14.0. The van der Waals surface area contributed by atoms with Gasteiger partial charge in [-0.25, -0.2) is 4.79 Å². The quantitative estimate of drug-likeness (QED) is 0.311. The summed E-state index contributed by atoms with van der Waals surface area (Å²) in [6.45, 7) is 0. The van der Waals surface area contributed by atoms with Gasteiger partial charge < -0.3 is 20.2 Å². The number of carbonyl (C=O) groups excluding carboxylic acids is 3. The number of rotatable bonds is 6. The van der Waals surface area contributed by atoms with Gasteiger partial charge in [0.1, 0.15) is 29.3 Å². The topological polar surface area (TPSA) is 150 Å². The minimum Gasteiger partial charge on any atom is -0.508 e. The number of nitrogens with one attached hydrogen (secondary N) is 4. The molecule has 10 heteroatoms. The van der Waals surface area contributed by atoms with Crippen LogP contribution in [0.4, 0.5) is 10.5 Å². The molecule has 0 radical (unpaired) electrons. The van der Waals surface area contributed by atoms with Gasteiger partial charge in [-0.1, -0.05) is 24.3 Å².